The number of hydrogen-bond donors (Lipinski definition) is 1. The maximum absolute atomic E-state index is 14.3. The van der Waals surface area contributed by atoms with Crippen molar-refractivity contribution in [1.29, 1.82) is 0 Å². The molecular weight excluding hydrogens is 457 g/mol. The number of likely N-dealkylation sites (N-methyl/N-ethyl adjacent to an activating group) is 1. The van der Waals surface area contributed by atoms with Crippen molar-refractivity contribution in [3.05, 3.63) is 71.9 Å². The van der Waals surface area contributed by atoms with Gasteiger partial charge in [-0.15, -0.1) is 0 Å². The van der Waals surface area contributed by atoms with E-state index in [4.69, 9.17) is 5.73 Å². The van der Waals surface area contributed by atoms with Gasteiger partial charge in [0.1, 0.15) is 5.82 Å². The molecule has 1 unspecified atom stereocenters. The van der Waals surface area contributed by atoms with E-state index in [2.05, 4.69) is 9.97 Å². The number of aromatic nitrogens is 3. The van der Waals surface area contributed by atoms with E-state index in [-0.39, 0.29) is 24.2 Å². The molecule has 0 bridgehead atoms. The molecule has 0 spiro atoms. The molecule has 0 aliphatic heterocycles. The summed E-state index contributed by atoms with van der Waals surface area (Å²) in [6.45, 7) is 1.65. The molecule has 8 nitrogen and oxygen atoms in total. The van der Waals surface area contributed by atoms with Gasteiger partial charge in [0.25, 0.3) is 5.91 Å². The largest absolute Gasteiger partial charge is 0.368 e. The number of rotatable bonds is 6. The van der Waals surface area contributed by atoms with Gasteiger partial charge >= 0.3 is 0 Å². The molecule has 0 aliphatic rings. The number of amides is 2. The van der Waals surface area contributed by atoms with Crippen LogP contribution in [0.1, 0.15) is 15.9 Å². The Morgan fingerprint density at radius 1 is 1.15 bits per heavy atom. The van der Waals surface area contributed by atoms with Crippen molar-refractivity contribution >= 4 is 33.5 Å². The lowest BCUT2D eigenvalue weighted by atomic mass is 10.1. The summed E-state index contributed by atoms with van der Waals surface area (Å²) >= 11 is 0. The topological polar surface area (TPSA) is 111 Å². The molecule has 2 aromatic carbocycles. The highest BCUT2D eigenvalue weighted by atomic mass is 32.2. The zero-order valence-corrected chi connectivity index (χ0v) is 19.6. The van der Waals surface area contributed by atoms with Crippen LogP contribution in [0.25, 0.3) is 28.0 Å². The van der Waals surface area contributed by atoms with Crippen LogP contribution in [0.4, 0.5) is 4.39 Å². The fourth-order valence-electron chi connectivity index (χ4n) is 3.69. The van der Waals surface area contributed by atoms with Crippen molar-refractivity contribution < 1.29 is 18.2 Å². The Morgan fingerprint density at radius 3 is 2.50 bits per heavy atom. The average Bonchev–Trinajstić information content (AvgIpc) is 3.19. The molecule has 1 atom stereocenters. The van der Waals surface area contributed by atoms with Crippen molar-refractivity contribution in [3.8, 4) is 17.1 Å². The average molecular weight is 480 g/mol. The van der Waals surface area contributed by atoms with Crippen molar-refractivity contribution in [2.75, 3.05) is 19.8 Å². The Balaban J connectivity index is 1.80. The number of benzene rings is 2. The van der Waals surface area contributed by atoms with Crippen LogP contribution in [0.5, 0.6) is 0 Å². The molecule has 2 heterocycles. The highest BCUT2D eigenvalue weighted by Gasteiger charge is 2.19. The Kier molecular flexibility index (Phi) is 6.25. The first kappa shape index (κ1) is 23.2. The van der Waals surface area contributed by atoms with Crippen LogP contribution in [0.2, 0.25) is 0 Å². The molecule has 10 heteroatoms. The van der Waals surface area contributed by atoms with Crippen LogP contribution < -0.4 is 5.73 Å². The number of nitrogens with two attached hydrogens (primary N) is 1. The fourth-order valence-corrected chi connectivity index (χ4v) is 4.43. The second-order valence-corrected chi connectivity index (χ2v) is 9.28. The second-order valence-electron chi connectivity index (χ2n) is 7.93. The van der Waals surface area contributed by atoms with E-state index in [1.165, 1.54) is 30.4 Å². The second kappa shape index (κ2) is 9.14. The van der Waals surface area contributed by atoms with Crippen LogP contribution >= 0.6 is 0 Å². The number of carbonyl (C=O) groups excluding carboxylic acids is 2. The lowest BCUT2D eigenvalue weighted by Crippen LogP contribution is -2.35. The van der Waals surface area contributed by atoms with Crippen LogP contribution in [0.3, 0.4) is 0 Å². The SMILES string of the molecule is Cc1ccc(F)c(-c2cnc(-n3cc(S(C)=O)c4ccc(C(=O)N(C)CC(N)=O)cc43)nc2)c1. The third kappa shape index (κ3) is 4.44. The third-order valence-corrected chi connectivity index (χ3v) is 6.30. The predicted molar refractivity (Wildman–Crippen MR) is 127 cm³/mol. The van der Waals surface area contributed by atoms with Crippen molar-refractivity contribution in [2.24, 2.45) is 5.73 Å². The maximum Gasteiger partial charge on any atom is 0.254 e. The molecule has 34 heavy (non-hydrogen) atoms. The van der Waals surface area contributed by atoms with Gasteiger partial charge in [0.15, 0.2) is 0 Å². The molecule has 0 fully saturated rings. The Hall–Kier alpha value is -3.92. The molecule has 4 rings (SSSR count). The third-order valence-electron chi connectivity index (χ3n) is 5.35. The van der Waals surface area contributed by atoms with E-state index < -0.39 is 16.7 Å². The van der Waals surface area contributed by atoms with Crippen LogP contribution in [0.15, 0.2) is 59.9 Å². The first-order valence-electron chi connectivity index (χ1n) is 10.3. The van der Waals surface area contributed by atoms with Crippen molar-refractivity contribution in [2.45, 2.75) is 11.8 Å². The maximum atomic E-state index is 14.3. The minimum absolute atomic E-state index is 0.220. The number of aryl methyl sites for hydroxylation is 1. The molecule has 0 saturated carbocycles. The van der Waals surface area contributed by atoms with Crippen LogP contribution in [-0.4, -0.2) is 55.3 Å². The first-order valence-corrected chi connectivity index (χ1v) is 11.8. The molecule has 0 aliphatic carbocycles. The summed E-state index contributed by atoms with van der Waals surface area (Å²) in [6.07, 6.45) is 6.25. The van der Waals surface area contributed by atoms with Crippen molar-refractivity contribution in [3.63, 3.8) is 0 Å². The summed E-state index contributed by atoms with van der Waals surface area (Å²) in [5.74, 6) is -1.12. The minimum atomic E-state index is -1.31. The number of hydrogen-bond acceptors (Lipinski definition) is 5. The molecule has 2 amide bonds. The van der Waals surface area contributed by atoms with E-state index in [0.29, 0.717) is 32.5 Å². The molecule has 174 valence electrons. The number of fused-ring (bicyclic) bond motifs is 1. The van der Waals surface area contributed by atoms with Crippen molar-refractivity contribution in [1.82, 2.24) is 19.4 Å². The summed E-state index contributed by atoms with van der Waals surface area (Å²) < 4.78 is 28.3. The lowest BCUT2D eigenvalue weighted by molar-refractivity contribution is -0.118. The molecule has 2 aromatic heterocycles. The normalized spacial score (nSPS) is 12.0. The number of primary amides is 1. The zero-order valence-electron chi connectivity index (χ0n) is 18.8. The van der Waals surface area contributed by atoms with Gasteiger partial charge in [-0.3, -0.25) is 18.4 Å². The summed E-state index contributed by atoms with van der Waals surface area (Å²) in [5.41, 5.74) is 7.91. The molecular formula is C24H22FN5O3S. The van der Waals surface area contributed by atoms with E-state index in [0.717, 1.165) is 5.56 Å². The van der Waals surface area contributed by atoms with E-state index >= 15 is 0 Å². The molecule has 4 aromatic rings. The van der Waals surface area contributed by atoms with Crippen LogP contribution in [0, 0.1) is 12.7 Å². The van der Waals surface area contributed by atoms with Gasteiger partial charge < -0.3 is 10.6 Å². The molecule has 0 saturated heterocycles. The highest BCUT2D eigenvalue weighted by molar-refractivity contribution is 7.84. The zero-order chi connectivity index (χ0) is 24.6. The Bertz CT molecular complexity index is 1450. The number of nitrogens with zero attached hydrogens (tertiary/aromatic N) is 4. The van der Waals surface area contributed by atoms with Gasteiger partial charge in [-0.1, -0.05) is 17.7 Å². The van der Waals surface area contributed by atoms with E-state index in [1.807, 2.05) is 6.92 Å². The molecule has 2 N–H and O–H groups in total. The highest BCUT2D eigenvalue weighted by Crippen LogP contribution is 2.28. The fraction of sp³-hybridized carbons (Fsp3) is 0.167. The monoisotopic (exact) mass is 479 g/mol. The quantitative estimate of drug-likeness (QED) is 0.457. The summed E-state index contributed by atoms with van der Waals surface area (Å²) in [4.78, 5) is 34.5. The van der Waals surface area contributed by atoms with Gasteiger partial charge in [0.05, 0.1) is 27.8 Å². The van der Waals surface area contributed by atoms with Gasteiger partial charge in [-0.05, 0) is 31.2 Å². The van der Waals surface area contributed by atoms with Gasteiger partial charge in [-0.2, -0.15) is 0 Å². The smallest absolute Gasteiger partial charge is 0.254 e. The molecule has 0 radical (unpaired) electrons. The van der Waals surface area contributed by atoms with Gasteiger partial charge in [0.2, 0.25) is 11.9 Å². The predicted octanol–water partition coefficient (Wildman–Crippen LogP) is 2.83. The standard InChI is InChI=1S/C24H22FN5O3S/c1-14-4-7-19(25)18(8-14)16-10-27-24(28-11-16)30-12-21(34(3)33)17-6-5-15(9-20(17)30)23(32)29(2)13-22(26)31/h4-12H,13H2,1-3H3,(H2,26,31). The number of carbonyl (C=O) groups is 2. The van der Waals surface area contributed by atoms with Crippen LogP contribution in [-0.2, 0) is 15.6 Å². The summed E-state index contributed by atoms with van der Waals surface area (Å²) in [6, 6.07) is 9.74. The first-order chi connectivity index (χ1) is 16.2. The summed E-state index contributed by atoms with van der Waals surface area (Å²) in [5, 5.41) is 0.673. The minimum Gasteiger partial charge on any atom is -0.368 e. The van der Waals surface area contributed by atoms with E-state index in [1.54, 1.807) is 47.4 Å². The number of halogens is 1. The lowest BCUT2D eigenvalue weighted by Gasteiger charge is -2.15. The van der Waals surface area contributed by atoms with Gasteiger partial charge in [-0.25, -0.2) is 14.4 Å². The summed E-state index contributed by atoms with van der Waals surface area (Å²) in [7, 11) is 0.169. The van der Waals surface area contributed by atoms with E-state index in [9.17, 15) is 18.2 Å². The van der Waals surface area contributed by atoms with Gasteiger partial charge in [0, 0.05) is 54.0 Å². The Morgan fingerprint density at radius 2 is 1.85 bits per heavy atom. The Labute approximate surface area is 197 Å².